The van der Waals surface area contributed by atoms with Crippen molar-refractivity contribution in [2.45, 2.75) is 45.1 Å². The lowest BCUT2D eigenvalue weighted by molar-refractivity contribution is 0.211. The molecule has 0 aliphatic heterocycles. The fourth-order valence-corrected chi connectivity index (χ4v) is 3.31. The van der Waals surface area contributed by atoms with Crippen molar-refractivity contribution in [3.05, 3.63) is 11.9 Å². The molecule has 108 valence electrons. The summed E-state index contributed by atoms with van der Waals surface area (Å²) in [4.78, 5) is 0. The van der Waals surface area contributed by atoms with Gasteiger partial charge in [-0.3, -0.25) is 16.0 Å². The third-order valence-electron chi connectivity index (χ3n) is 4.58. The Kier molecular flexibility index (Phi) is 4.82. The van der Waals surface area contributed by atoms with Gasteiger partial charge in [-0.1, -0.05) is 26.2 Å². The van der Waals surface area contributed by atoms with Crippen LogP contribution in [0.25, 0.3) is 0 Å². The molecule has 1 atom stereocenters. The molecule has 0 amide bonds. The summed E-state index contributed by atoms with van der Waals surface area (Å²) in [6.45, 7) is 2.29. The van der Waals surface area contributed by atoms with Crippen molar-refractivity contribution in [3.8, 4) is 5.75 Å². The quantitative estimate of drug-likeness (QED) is 0.633. The zero-order valence-corrected chi connectivity index (χ0v) is 12.2. The van der Waals surface area contributed by atoms with Gasteiger partial charge in [-0.25, -0.2) is 0 Å². The molecule has 19 heavy (non-hydrogen) atoms. The molecule has 0 bridgehead atoms. The van der Waals surface area contributed by atoms with Gasteiger partial charge in [0.2, 0.25) is 0 Å². The summed E-state index contributed by atoms with van der Waals surface area (Å²) in [5.41, 5.74) is 4.04. The number of aromatic nitrogens is 2. The number of rotatable bonds is 5. The van der Waals surface area contributed by atoms with Crippen LogP contribution in [0.1, 0.15) is 50.8 Å². The predicted octanol–water partition coefficient (Wildman–Crippen LogP) is 2.15. The molecular weight excluding hydrogens is 240 g/mol. The SMILES string of the molecule is CCC1CCC(C(NN)c2c(OC)cnn2C)CC1. The van der Waals surface area contributed by atoms with Gasteiger partial charge in [-0.05, 0) is 24.7 Å². The summed E-state index contributed by atoms with van der Waals surface area (Å²) in [7, 11) is 3.63. The van der Waals surface area contributed by atoms with E-state index in [9.17, 15) is 0 Å². The highest BCUT2D eigenvalue weighted by Gasteiger charge is 2.31. The molecule has 1 heterocycles. The number of aryl methyl sites for hydroxylation is 1. The summed E-state index contributed by atoms with van der Waals surface area (Å²) < 4.78 is 7.27. The van der Waals surface area contributed by atoms with Crippen LogP contribution >= 0.6 is 0 Å². The van der Waals surface area contributed by atoms with Gasteiger partial charge in [-0.15, -0.1) is 0 Å². The number of hydrazine groups is 1. The van der Waals surface area contributed by atoms with Crippen molar-refractivity contribution in [3.63, 3.8) is 0 Å². The highest BCUT2D eigenvalue weighted by atomic mass is 16.5. The van der Waals surface area contributed by atoms with Gasteiger partial charge >= 0.3 is 0 Å². The molecular formula is C14H26N4O. The average molecular weight is 266 g/mol. The lowest BCUT2D eigenvalue weighted by atomic mass is 9.77. The van der Waals surface area contributed by atoms with Gasteiger partial charge in [0.15, 0.2) is 5.75 Å². The molecule has 5 nitrogen and oxygen atoms in total. The van der Waals surface area contributed by atoms with E-state index in [1.54, 1.807) is 13.3 Å². The Hall–Kier alpha value is -1.07. The van der Waals surface area contributed by atoms with Crippen molar-refractivity contribution in [2.24, 2.45) is 24.7 Å². The minimum Gasteiger partial charge on any atom is -0.493 e. The van der Waals surface area contributed by atoms with Gasteiger partial charge in [0.25, 0.3) is 0 Å². The molecule has 2 rings (SSSR count). The zero-order chi connectivity index (χ0) is 13.8. The summed E-state index contributed by atoms with van der Waals surface area (Å²) in [5, 5.41) is 4.28. The van der Waals surface area contributed by atoms with E-state index in [1.165, 1.54) is 32.1 Å². The van der Waals surface area contributed by atoms with Crippen LogP contribution in [-0.4, -0.2) is 16.9 Å². The molecule has 0 radical (unpaired) electrons. The van der Waals surface area contributed by atoms with Crippen molar-refractivity contribution < 1.29 is 4.74 Å². The minimum atomic E-state index is 0.125. The van der Waals surface area contributed by atoms with Gasteiger partial charge in [0, 0.05) is 7.05 Å². The average Bonchev–Trinajstić information content (AvgIpc) is 2.82. The van der Waals surface area contributed by atoms with Crippen molar-refractivity contribution in [1.82, 2.24) is 15.2 Å². The third kappa shape index (κ3) is 2.92. The van der Waals surface area contributed by atoms with Crippen LogP contribution in [0.3, 0.4) is 0 Å². The van der Waals surface area contributed by atoms with Gasteiger partial charge < -0.3 is 4.74 Å². The molecule has 1 aromatic rings. The zero-order valence-electron chi connectivity index (χ0n) is 12.2. The molecule has 1 fully saturated rings. The summed E-state index contributed by atoms with van der Waals surface area (Å²) in [6.07, 6.45) is 8.11. The van der Waals surface area contributed by atoms with E-state index >= 15 is 0 Å². The lowest BCUT2D eigenvalue weighted by Crippen LogP contribution is -2.36. The first kappa shape index (κ1) is 14.3. The van der Waals surface area contributed by atoms with E-state index in [1.807, 2.05) is 11.7 Å². The minimum absolute atomic E-state index is 0.125. The van der Waals surface area contributed by atoms with Gasteiger partial charge in [-0.2, -0.15) is 5.10 Å². The molecule has 1 aromatic heterocycles. The number of hydrogen-bond donors (Lipinski definition) is 2. The number of ether oxygens (including phenoxy) is 1. The topological polar surface area (TPSA) is 65.1 Å². The predicted molar refractivity (Wildman–Crippen MR) is 75.6 cm³/mol. The van der Waals surface area contributed by atoms with Crippen LogP contribution in [-0.2, 0) is 7.05 Å². The number of nitrogens with two attached hydrogens (primary N) is 1. The third-order valence-corrected chi connectivity index (χ3v) is 4.58. The molecule has 1 aliphatic rings. The number of nitrogens with one attached hydrogen (secondary N) is 1. The number of nitrogens with zero attached hydrogens (tertiary/aromatic N) is 2. The molecule has 1 aliphatic carbocycles. The van der Waals surface area contributed by atoms with Crippen LogP contribution < -0.4 is 16.0 Å². The molecule has 0 saturated heterocycles. The Labute approximate surface area is 115 Å². The van der Waals surface area contributed by atoms with Crippen molar-refractivity contribution >= 4 is 0 Å². The smallest absolute Gasteiger partial charge is 0.161 e. The summed E-state index contributed by atoms with van der Waals surface area (Å²) >= 11 is 0. The monoisotopic (exact) mass is 266 g/mol. The molecule has 3 N–H and O–H groups in total. The standard InChI is InChI=1S/C14H26N4O/c1-4-10-5-7-11(8-6-10)13(17-15)14-12(19-3)9-16-18(14)2/h9-11,13,17H,4-8,15H2,1-3H3. The Morgan fingerprint density at radius 1 is 1.47 bits per heavy atom. The molecule has 0 aromatic carbocycles. The Morgan fingerprint density at radius 3 is 2.68 bits per heavy atom. The first-order valence-corrected chi connectivity index (χ1v) is 7.23. The van der Waals surface area contributed by atoms with Crippen LogP contribution in [0.2, 0.25) is 0 Å². The largest absolute Gasteiger partial charge is 0.493 e. The number of methoxy groups -OCH3 is 1. The van der Waals surface area contributed by atoms with Crippen LogP contribution in [0.15, 0.2) is 6.20 Å². The maximum atomic E-state index is 5.81. The second kappa shape index (κ2) is 6.39. The van der Waals surface area contributed by atoms with Crippen LogP contribution in [0.4, 0.5) is 0 Å². The van der Waals surface area contributed by atoms with Gasteiger partial charge in [0.1, 0.15) is 0 Å². The first-order valence-electron chi connectivity index (χ1n) is 7.23. The van der Waals surface area contributed by atoms with E-state index in [-0.39, 0.29) is 6.04 Å². The second-order valence-electron chi connectivity index (χ2n) is 5.56. The highest BCUT2D eigenvalue weighted by molar-refractivity contribution is 5.28. The van der Waals surface area contributed by atoms with E-state index in [4.69, 9.17) is 10.6 Å². The Bertz CT molecular complexity index is 396. The van der Waals surface area contributed by atoms with Gasteiger partial charge in [0.05, 0.1) is 25.0 Å². The second-order valence-corrected chi connectivity index (χ2v) is 5.56. The summed E-state index contributed by atoms with van der Waals surface area (Å²) in [5.74, 6) is 8.09. The van der Waals surface area contributed by atoms with E-state index in [2.05, 4.69) is 17.4 Å². The molecule has 1 unspecified atom stereocenters. The Morgan fingerprint density at radius 2 is 2.16 bits per heavy atom. The lowest BCUT2D eigenvalue weighted by Gasteiger charge is -2.33. The fraction of sp³-hybridized carbons (Fsp3) is 0.786. The van der Waals surface area contributed by atoms with E-state index < -0.39 is 0 Å². The normalized spacial score (nSPS) is 25.3. The maximum Gasteiger partial charge on any atom is 0.161 e. The number of hydrogen-bond acceptors (Lipinski definition) is 4. The van der Waals surface area contributed by atoms with Crippen molar-refractivity contribution in [1.29, 1.82) is 0 Å². The van der Waals surface area contributed by atoms with Crippen LogP contribution in [0.5, 0.6) is 5.75 Å². The molecule has 5 heteroatoms. The van der Waals surface area contributed by atoms with Crippen molar-refractivity contribution in [2.75, 3.05) is 7.11 Å². The summed E-state index contributed by atoms with van der Waals surface area (Å²) in [6, 6.07) is 0.125. The fourth-order valence-electron chi connectivity index (χ4n) is 3.31. The first-order chi connectivity index (χ1) is 9.21. The maximum absolute atomic E-state index is 5.81. The van der Waals surface area contributed by atoms with E-state index in [0.29, 0.717) is 5.92 Å². The highest BCUT2D eigenvalue weighted by Crippen LogP contribution is 2.39. The Balaban J connectivity index is 2.14. The molecule has 0 spiro atoms. The van der Waals surface area contributed by atoms with E-state index in [0.717, 1.165) is 17.4 Å². The van der Waals surface area contributed by atoms with Crippen LogP contribution in [0, 0.1) is 11.8 Å². The molecule has 1 saturated carbocycles.